The zero-order valence-electron chi connectivity index (χ0n) is 9.40. The van der Waals surface area contributed by atoms with Gasteiger partial charge in [0.15, 0.2) is 0 Å². The van der Waals surface area contributed by atoms with Crippen LogP contribution in [0.5, 0.6) is 0 Å². The molecular weight excluding hydrogens is 224 g/mol. The minimum absolute atomic E-state index is 0.0828. The molecule has 0 aliphatic rings. The number of benzene rings is 1. The number of aryl methyl sites for hydroxylation is 1. The Morgan fingerprint density at radius 1 is 1.35 bits per heavy atom. The minimum atomic E-state index is -0.732. The van der Waals surface area contributed by atoms with Crippen LogP contribution in [0, 0.1) is 18.6 Å². The van der Waals surface area contributed by atoms with Crippen molar-refractivity contribution in [1.82, 2.24) is 9.55 Å². The Bertz CT molecular complexity index is 502. The zero-order valence-corrected chi connectivity index (χ0v) is 9.40. The van der Waals surface area contributed by atoms with Crippen molar-refractivity contribution < 1.29 is 8.78 Å². The fourth-order valence-electron chi connectivity index (χ4n) is 1.76. The quantitative estimate of drug-likeness (QED) is 0.889. The highest BCUT2D eigenvalue weighted by Gasteiger charge is 2.17. The molecule has 1 aromatic carbocycles. The first-order chi connectivity index (χ1) is 8.09. The van der Waals surface area contributed by atoms with Crippen LogP contribution in [0.3, 0.4) is 0 Å². The summed E-state index contributed by atoms with van der Waals surface area (Å²) < 4.78 is 28.7. The molecule has 1 atom stereocenters. The maximum atomic E-state index is 13.5. The fourth-order valence-corrected chi connectivity index (χ4v) is 1.76. The Morgan fingerprint density at radius 2 is 2.00 bits per heavy atom. The highest BCUT2D eigenvalue weighted by atomic mass is 19.1. The molecule has 0 spiro atoms. The van der Waals surface area contributed by atoms with Crippen LogP contribution in [-0.4, -0.2) is 9.55 Å². The molecule has 90 valence electrons. The second kappa shape index (κ2) is 4.63. The number of aromatic nitrogens is 2. The van der Waals surface area contributed by atoms with Crippen molar-refractivity contribution in [2.45, 2.75) is 19.5 Å². The number of rotatable bonds is 3. The van der Waals surface area contributed by atoms with Crippen LogP contribution in [0.15, 0.2) is 30.6 Å². The number of nitrogens with two attached hydrogens (primary N) is 1. The van der Waals surface area contributed by atoms with Crippen molar-refractivity contribution in [3.63, 3.8) is 0 Å². The Labute approximate surface area is 97.9 Å². The van der Waals surface area contributed by atoms with Gasteiger partial charge >= 0.3 is 0 Å². The molecule has 0 fully saturated rings. The van der Waals surface area contributed by atoms with Crippen molar-refractivity contribution in [3.8, 4) is 0 Å². The normalized spacial score (nSPS) is 12.7. The van der Waals surface area contributed by atoms with Gasteiger partial charge in [0, 0.05) is 24.5 Å². The SMILES string of the molecule is Cc1nccn1CC(N)c1c(F)cccc1F. The number of hydrogen-bond donors (Lipinski definition) is 1. The predicted octanol–water partition coefficient (Wildman–Crippen LogP) is 2.17. The summed E-state index contributed by atoms with van der Waals surface area (Å²) in [7, 11) is 0. The summed E-state index contributed by atoms with van der Waals surface area (Å²) in [4.78, 5) is 4.03. The van der Waals surface area contributed by atoms with Crippen LogP contribution in [0.1, 0.15) is 17.4 Å². The van der Waals surface area contributed by atoms with Crippen molar-refractivity contribution in [3.05, 3.63) is 53.6 Å². The molecule has 5 heteroatoms. The highest BCUT2D eigenvalue weighted by molar-refractivity contribution is 5.23. The van der Waals surface area contributed by atoms with Crippen LogP contribution in [0.25, 0.3) is 0 Å². The van der Waals surface area contributed by atoms with Gasteiger partial charge in [-0.3, -0.25) is 0 Å². The Hall–Kier alpha value is -1.75. The molecule has 2 aromatic rings. The van der Waals surface area contributed by atoms with E-state index in [9.17, 15) is 8.78 Å². The van der Waals surface area contributed by atoms with Crippen LogP contribution < -0.4 is 5.73 Å². The van der Waals surface area contributed by atoms with E-state index in [0.717, 1.165) is 5.82 Å². The third-order valence-corrected chi connectivity index (χ3v) is 2.69. The molecule has 2 N–H and O–H groups in total. The van der Waals surface area contributed by atoms with Gasteiger partial charge < -0.3 is 10.3 Å². The standard InChI is InChI=1S/C12H13F2N3/c1-8-16-5-6-17(8)7-11(15)12-9(13)3-2-4-10(12)14/h2-6,11H,7,15H2,1H3. The summed E-state index contributed by atoms with van der Waals surface area (Å²) in [5.74, 6) is -0.470. The highest BCUT2D eigenvalue weighted by Crippen LogP contribution is 2.20. The molecule has 2 rings (SSSR count). The van der Waals surface area contributed by atoms with E-state index >= 15 is 0 Å². The maximum absolute atomic E-state index is 13.5. The average Bonchev–Trinajstić information content (AvgIpc) is 2.64. The molecule has 0 saturated heterocycles. The molecule has 0 radical (unpaired) electrons. The topological polar surface area (TPSA) is 43.8 Å². The van der Waals surface area contributed by atoms with E-state index in [1.165, 1.54) is 18.2 Å². The summed E-state index contributed by atoms with van der Waals surface area (Å²) in [5, 5.41) is 0. The lowest BCUT2D eigenvalue weighted by atomic mass is 10.1. The van der Waals surface area contributed by atoms with Gasteiger partial charge in [0.2, 0.25) is 0 Å². The summed E-state index contributed by atoms with van der Waals surface area (Å²) in [6.45, 7) is 2.11. The molecule has 0 bridgehead atoms. The largest absolute Gasteiger partial charge is 0.333 e. The second-order valence-electron chi connectivity index (χ2n) is 3.87. The van der Waals surface area contributed by atoms with Crippen molar-refractivity contribution in [1.29, 1.82) is 0 Å². The van der Waals surface area contributed by atoms with E-state index < -0.39 is 17.7 Å². The zero-order chi connectivity index (χ0) is 12.4. The summed E-state index contributed by atoms with van der Waals surface area (Å²) in [6, 6.07) is 3.01. The summed E-state index contributed by atoms with van der Waals surface area (Å²) >= 11 is 0. The summed E-state index contributed by atoms with van der Waals surface area (Å²) in [6.07, 6.45) is 3.35. The first kappa shape index (κ1) is 11.7. The van der Waals surface area contributed by atoms with Gasteiger partial charge in [-0.15, -0.1) is 0 Å². The molecular formula is C12H13F2N3. The smallest absolute Gasteiger partial charge is 0.130 e. The van der Waals surface area contributed by atoms with E-state index in [0.29, 0.717) is 6.54 Å². The summed E-state index contributed by atoms with van der Waals surface area (Å²) in [5.41, 5.74) is 5.75. The number of imidazole rings is 1. The Morgan fingerprint density at radius 3 is 2.53 bits per heavy atom. The lowest BCUT2D eigenvalue weighted by Gasteiger charge is -2.15. The van der Waals surface area contributed by atoms with Gasteiger partial charge in [0.1, 0.15) is 17.5 Å². The molecule has 0 aliphatic heterocycles. The molecule has 3 nitrogen and oxygen atoms in total. The van der Waals surface area contributed by atoms with Crippen molar-refractivity contribution >= 4 is 0 Å². The van der Waals surface area contributed by atoms with Crippen LogP contribution in [0.2, 0.25) is 0 Å². The van der Waals surface area contributed by atoms with Gasteiger partial charge in [-0.25, -0.2) is 13.8 Å². The molecule has 1 heterocycles. The third-order valence-electron chi connectivity index (χ3n) is 2.69. The van der Waals surface area contributed by atoms with Crippen LogP contribution in [0.4, 0.5) is 8.78 Å². The van der Waals surface area contributed by atoms with E-state index in [1.807, 2.05) is 6.92 Å². The van der Waals surface area contributed by atoms with E-state index in [4.69, 9.17) is 5.73 Å². The first-order valence-corrected chi connectivity index (χ1v) is 5.27. The van der Waals surface area contributed by atoms with Crippen LogP contribution >= 0.6 is 0 Å². The molecule has 1 unspecified atom stereocenters. The van der Waals surface area contributed by atoms with Crippen molar-refractivity contribution in [2.24, 2.45) is 5.73 Å². The number of hydrogen-bond acceptors (Lipinski definition) is 2. The van der Waals surface area contributed by atoms with Gasteiger partial charge in [-0.05, 0) is 19.1 Å². The van der Waals surface area contributed by atoms with Crippen LogP contribution in [-0.2, 0) is 6.54 Å². The fraction of sp³-hybridized carbons (Fsp3) is 0.250. The minimum Gasteiger partial charge on any atom is -0.333 e. The first-order valence-electron chi connectivity index (χ1n) is 5.27. The molecule has 0 saturated carbocycles. The lowest BCUT2D eigenvalue weighted by Crippen LogP contribution is -2.20. The van der Waals surface area contributed by atoms with Gasteiger partial charge in [-0.1, -0.05) is 6.07 Å². The molecule has 0 amide bonds. The van der Waals surface area contributed by atoms with Gasteiger partial charge in [-0.2, -0.15) is 0 Å². The Kier molecular flexibility index (Phi) is 3.19. The second-order valence-corrected chi connectivity index (χ2v) is 3.87. The maximum Gasteiger partial charge on any atom is 0.130 e. The Balaban J connectivity index is 2.26. The van der Waals surface area contributed by atoms with Crippen molar-refractivity contribution in [2.75, 3.05) is 0 Å². The molecule has 0 aliphatic carbocycles. The van der Waals surface area contributed by atoms with Gasteiger partial charge in [0.25, 0.3) is 0 Å². The molecule has 1 aromatic heterocycles. The van der Waals surface area contributed by atoms with E-state index in [1.54, 1.807) is 17.0 Å². The third kappa shape index (κ3) is 2.34. The number of halogens is 2. The van der Waals surface area contributed by atoms with E-state index in [2.05, 4.69) is 4.98 Å². The van der Waals surface area contributed by atoms with E-state index in [-0.39, 0.29) is 5.56 Å². The monoisotopic (exact) mass is 237 g/mol. The number of nitrogens with zero attached hydrogens (tertiary/aromatic N) is 2. The van der Waals surface area contributed by atoms with Gasteiger partial charge in [0.05, 0.1) is 6.04 Å². The predicted molar refractivity (Wildman–Crippen MR) is 60.3 cm³/mol. The lowest BCUT2D eigenvalue weighted by molar-refractivity contribution is 0.487. The molecule has 17 heavy (non-hydrogen) atoms. The average molecular weight is 237 g/mol.